The first-order valence-corrected chi connectivity index (χ1v) is 7.99. The quantitative estimate of drug-likeness (QED) is 0.879. The summed E-state index contributed by atoms with van der Waals surface area (Å²) in [5, 5.41) is 22.7. The number of morpholine rings is 1. The first-order valence-electron chi connectivity index (χ1n) is 7.99. The van der Waals surface area contributed by atoms with Gasteiger partial charge < -0.3 is 9.84 Å². The fourth-order valence-corrected chi connectivity index (χ4v) is 3.00. The van der Waals surface area contributed by atoms with E-state index in [0.717, 1.165) is 18.7 Å². The molecule has 1 aliphatic heterocycles. The summed E-state index contributed by atoms with van der Waals surface area (Å²) in [6.45, 7) is 6.70. The number of hydrogen-bond acceptors (Lipinski definition) is 6. The van der Waals surface area contributed by atoms with Gasteiger partial charge in [-0.25, -0.2) is 0 Å². The summed E-state index contributed by atoms with van der Waals surface area (Å²) >= 11 is 0. The maximum absolute atomic E-state index is 10.3. The Morgan fingerprint density at radius 2 is 1.87 bits per heavy atom. The molecule has 1 saturated heterocycles. The number of tetrazole rings is 1. The molecule has 2 aromatic rings. The minimum atomic E-state index is -0.537. The third-order valence-electron chi connectivity index (χ3n) is 3.82. The molecule has 0 spiro atoms. The van der Waals surface area contributed by atoms with Crippen LogP contribution in [0.25, 0.3) is 11.4 Å². The highest BCUT2D eigenvalue weighted by atomic mass is 16.5. The second kappa shape index (κ2) is 7.16. The number of aliphatic hydroxyl groups is 1. The van der Waals surface area contributed by atoms with Crippen LogP contribution >= 0.6 is 0 Å². The van der Waals surface area contributed by atoms with Gasteiger partial charge in [0.1, 0.15) is 0 Å². The van der Waals surface area contributed by atoms with Gasteiger partial charge in [0, 0.05) is 25.2 Å². The molecule has 23 heavy (non-hydrogen) atoms. The number of rotatable bonds is 5. The summed E-state index contributed by atoms with van der Waals surface area (Å²) in [6, 6.07) is 9.70. The molecule has 0 radical (unpaired) electrons. The third kappa shape index (κ3) is 4.34. The molecule has 7 nitrogen and oxygen atoms in total. The zero-order chi connectivity index (χ0) is 16.2. The van der Waals surface area contributed by atoms with Crippen molar-refractivity contribution in [3.8, 4) is 11.4 Å². The Balaban J connectivity index is 1.56. The first-order chi connectivity index (χ1) is 11.1. The van der Waals surface area contributed by atoms with Crippen molar-refractivity contribution in [2.75, 3.05) is 19.6 Å². The van der Waals surface area contributed by atoms with Crippen LogP contribution in [0.4, 0.5) is 0 Å². The Labute approximate surface area is 135 Å². The minimum Gasteiger partial charge on any atom is -0.390 e. The first kappa shape index (κ1) is 16.0. The SMILES string of the molecule is C[C@@H]1CN(C[C@@H](O)Cn2nnc(-c3ccccc3)n2)C[C@H](C)O1. The lowest BCUT2D eigenvalue weighted by atomic mass is 10.2. The molecule has 0 amide bonds. The van der Waals surface area contributed by atoms with Gasteiger partial charge in [0.05, 0.1) is 24.9 Å². The zero-order valence-corrected chi connectivity index (χ0v) is 13.5. The van der Waals surface area contributed by atoms with E-state index >= 15 is 0 Å². The van der Waals surface area contributed by atoms with Crippen LogP contribution in [0.2, 0.25) is 0 Å². The number of ether oxygens (including phenoxy) is 1. The predicted molar refractivity (Wildman–Crippen MR) is 85.7 cm³/mol. The van der Waals surface area contributed by atoms with Crippen molar-refractivity contribution in [1.82, 2.24) is 25.1 Å². The van der Waals surface area contributed by atoms with Crippen molar-refractivity contribution in [2.45, 2.75) is 38.7 Å². The van der Waals surface area contributed by atoms with Crippen molar-refractivity contribution in [1.29, 1.82) is 0 Å². The van der Waals surface area contributed by atoms with E-state index in [9.17, 15) is 5.11 Å². The van der Waals surface area contributed by atoms with Gasteiger partial charge in [0.15, 0.2) is 0 Å². The third-order valence-corrected chi connectivity index (χ3v) is 3.82. The summed E-state index contributed by atoms with van der Waals surface area (Å²) in [6.07, 6.45) is -0.148. The summed E-state index contributed by atoms with van der Waals surface area (Å²) < 4.78 is 5.71. The number of benzene rings is 1. The molecule has 0 unspecified atom stereocenters. The van der Waals surface area contributed by atoms with Crippen LogP contribution in [0.15, 0.2) is 30.3 Å². The molecule has 0 aliphatic carbocycles. The number of aliphatic hydroxyl groups excluding tert-OH is 1. The minimum absolute atomic E-state index is 0.195. The monoisotopic (exact) mass is 317 g/mol. The average Bonchev–Trinajstić information content (AvgIpc) is 2.95. The molecule has 1 fully saturated rings. The highest BCUT2D eigenvalue weighted by molar-refractivity contribution is 5.52. The lowest BCUT2D eigenvalue weighted by Gasteiger charge is -2.36. The number of aromatic nitrogens is 4. The smallest absolute Gasteiger partial charge is 0.204 e. The van der Waals surface area contributed by atoms with Crippen molar-refractivity contribution in [3.63, 3.8) is 0 Å². The fourth-order valence-electron chi connectivity index (χ4n) is 3.00. The zero-order valence-electron chi connectivity index (χ0n) is 13.5. The molecule has 1 aromatic heterocycles. The van der Waals surface area contributed by atoms with Crippen LogP contribution in [-0.2, 0) is 11.3 Å². The second-order valence-corrected chi connectivity index (χ2v) is 6.16. The molecule has 7 heteroatoms. The molecule has 2 heterocycles. The van der Waals surface area contributed by atoms with Gasteiger partial charge in [0.2, 0.25) is 5.82 Å². The highest BCUT2D eigenvalue weighted by Crippen LogP contribution is 2.13. The number of nitrogens with zero attached hydrogens (tertiary/aromatic N) is 5. The van der Waals surface area contributed by atoms with Gasteiger partial charge in [-0.05, 0) is 19.1 Å². The second-order valence-electron chi connectivity index (χ2n) is 6.16. The highest BCUT2D eigenvalue weighted by Gasteiger charge is 2.24. The Morgan fingerprint density at radius 3 is 2.57 bits per heavy atom. The largest absolute Gasteiger partial charge is 0.390 e. The van der Waals surface area contributed by atoms with Crippen LogP contribution < -0.4 is 0 Å². The molecule has 124 valence electrons. The molecule has 0 saturated carbocycles. The summed E-state index contributed by atoms with van der Waals surface area (Å²) in [5.74, 6) is 0.575. The van der Waals surface area contributed by atoms with Crippen LogP contribution in [0.3, 0.4) is 0 Å². The van der Waals surface area contributed by atoms with Gasteiger partial charge in [-0.2, -0.15) is 4.80 Å². The van der Waals surface area contributed by atoms with Crippen LogP contribution in [-0.4, -0.2) is 68.2 Å². The van der Waals surface area contributed by atoms with Gasteiger partial charge in [-0.3, -0.25) is 4.90 Å². The Hall–Kier alpha value is -1.83. The van der Waals surface area contributed by atoms with Gasteiger partial charge in [-0.15, -0.1) is 10.2 Å². The van der Waals surface area contributed by atoms with Crippen LogP contribution in [0, 0.1) is 0 Å². The topological polar surface area (TPSA) is 76.3 Å². The average molecular weight is 317 g/mol. The van der Waals surface area contributed by atoms with E-state index in [1.54, 1.807) is 0 Å². The van der Waals surface area contributed by atoms with E-state index in [1.807, 2.05) is 30.3 Å². The van der Waals surface area contributed by atoms with E-state index in [1.165, 1.54) is 4.80 Å². The van der Waals surface area contributed by atoms with Crippen molar-refractivity contribution >= 4 is 0 Å². The maximum atomic E-state index is 10.3. The molecule has 1 aliphatic rings. The molecule has 1 aromatic carbocycles. The van der Waals surface area contributed by atoms with Crippen LogP contribution in [0.5, 0.6) is 0 Å². The number of hydrogen-bond donors (Lipinski definition) is 1. The van der Waals surface area contributed by atoms with Gasteiger partial charge >= 0.3 is 0 Å². The van der Waals surface area contributed by atoms with Crippen molar-refractivity contribution < 1.29 is 9.84 Å². The van der Waals surface area contributed by atoms with Gasteiger partial charge in [-0.1, -0.05) is 30.3 Å². The van der Waals surface area contributed by atoms with Gasteiger partial charge in [0.25, 0.3) is 0 Å². The molecule has 1 N–H and O–H groups in total. The normalized spacial score (nSPS) is 23.8. The standard InChI is InChI=1S/C16H23N5O2/c1-12-8-20(9-13(2)23-12)10-15(22)11-21-18-16(17-19-21)14-6-4-3-5-7-14/h3-7,12-13,15,22H,8-11H2,1-2H3/t12-,13+,15-/m1/s1. The van der Waals surface area contributed by atoms with E-state index < -0.39 is 6.10 Å². The molecular formula is C16H23N5O2. The Morgan fingerprint density at radius 1 is 1.17 bits per heavy atom. The summed E-state index contributed by atoms with van der Waals surface area (Å²) in [5.41, 5.74) is 0.920. The fraction of sp³-hybridized carbons (Fsp3) is 0.562. The lowest BCUT2D eigenvalue weighted by Crippen LogP contribution is -2.48. The van der Waals surface area contributed by atoms with E-state index in [4.69, 9.17) is 4.74 Å². The molecule has 0 bridgehead atoms. The summed E-state index contributed by atoms with van der Waals surface area (Å²) in [4.78, 5) is 3.68. The van der Waals surface area contributed by atoms with Crippen molar-refractivity contribution in [3.05, 3.63) is 30.3 Å². The van der Waals surface area contributed by atoms with Crippen molar-refractivity contribution in [2.24, 2.45) is 0 Å². The Kier molecular flexibility index (Phi) is 5.00. The molecular weight excluding hydrogens is 294 g/mol. The maximum Gasteiger partial charge on any atom is 0.204 e. The predicted octanol–water partition coefficient (Wildman–Crippen LogP) is 0.810. The van der Waals surface area contributed by atoms with Crippen LogP contribution in [0.1, 0.15) is 13.8 Å². The Bertz CT molecular complexity index is 608. The van der Waals surface area contributed by atoms with E-state index in [2.05, 4.69) is 34.2 Å². The number of β-amino-alcohol motifs (C(OH)–C–C–N with tert-alkyl or cyclic N) is 1. The van der Waals surface area contributed by atoms with E-state index in [0.29, 0.717) is 18.9 Å². The van der Waals surface area contributed by atoms with E-state index in [-0.39, 0.29) is 12.2 Å². The summed E-state index contributed by atoms with van der Waals surface area (Å²) in [7, 11) is 0. The molecule has 3 atom stereocenters. The molecule has 3 rings (SSSR count). The lowest BCUT2D eigenvalue weighted by molar-refractivity contribution is -0.0776.